The molecule has 2 amide bonds. The molecular weight excluding hydrogens is 444 g/mol. The number of carboxylic acid groups (broad SMARTS) is 1. The molecule has 1 atom stereocenters. The van der Waals surface area contributed by atoms with Crippen LogP contribution in [0.4, 0.5) is 10.5 Å². The van der Waals surface area contributed by atoms with Gasteiger partial charge in [-0.3, -0.25) is 9.59 Å². The van der Waals surface area contributed by atoms with Gasteiger partial charge in [0.05, 0.1) is 6.42 Å². The zero-order chi connectivity index (χ0) is 24.8. The smallest absolute Gasteiger partial charge is 0.407 e. The average Bonchev–Trinajstić information content (AvgIpc) is 3.16. The number of rotatable bonds is 9. The minimum Gasteiger partial charge on any atom is -0.481 e. The Bertz CT molecular complexity index is 1190. The number of aliphatic carboxylic acids is 1. The molecule has 1 aliphatic carbocycles. The van der Waals surface area contributed by atoms with Gasteiger partial charge in [0.25, 0.3) is 0 Å². The largest absolute Gasteiger partial charge is 0.481 e. The molecule has 7 heteroatoms. The third kappa shape index (κ3) is 5.69. The number of benzene rings is 3. The van der Waals surface area contributed by atoms with Crippen LogP contribution in [-0.2, 0) is 20.7 Å². The summed E-state index contributed by atoms with van der Waals surface area (Å²) < 4.78 is 5.58. The Morgan fingerprint density at radius 1 is 0.943 bits per heavy atom. The van der Waals surface area contributed by atoms with Crippen molar-refractivity contribution < 1.29 is 24.2 Å². The highest BCUT2D eigenvalue weighted by atomic mass is 16.5. The molecule has 0 saturated heterocycles. The number of anilines is 1. The molecule has 3 aromatic carbocycles. The van der Waals surface area contributed by atoms with E-state index in [1.807, 2.05) is 43.3 Å². The lowest BCUT2D eigenvalue weighted by Gasteiger charge is -2.19. The second kappa shape index (κ2) is 10.9. The fourth-order valence-corrected chi connectivity index (χ4v) is 4.50. The lowest BCUT2D eigenvalue weighted by Crippen LogP contribution is -2.44. The lowest BCUT2D eigenvalue weighted by molar-refractivity contribution is -0.136. The Kier molecular flexibility index (Phi) is 7.45. The molecule has 0 aliphatic heterocycles. The topological polar surface area (TPSA) is 105 Å². The number of nitrogens with one attached hydrogen (secondary N) is 2. The SMILES string of the molecule is CCC[C@H](NC(=O)OCC1c2ccccc2-c2ccccc21)C(=O)Nc1cccc(CC(=O)O)c1. The number of amides is 2. The highest BCUT2D eigenvalue weighted by Crippen LogP contribution is 2.44. The molecule has 0 fully saturated rings. The Labute approximate surface area is 204 Å². The van der Waals surface area contributed by atoms with Gasteiger partial charge in [-0.2, -0.15) is 0 Å². The number of hydrogen-bond acceptors (Lipinski definition) is 4. The van der Waals surface area contributed by atoms with Crippen molar-refractivity contribution in [2.24, 2.45) is 0 Å². The van der Waals surface area contributed by atoms with E-state index in [0.717, 1.165) is 22.3 Å². The van der Waals surface area contributed by atoms with E-state index in [0.29, 0.717) is 24.1 Å². The van der Waals surface area contributed by atoms with Crippen LogP contribution >= 0.6 is 0 Å². The number of alkyl carbamates (subject to hydrolysis) is 1. The molecule has 1 aliphatic rings. The van der Waals surface area contributed by atoms with E-state index in [2.05, 4.69) is 22.8 Å². The van der Waals surface area contributed by atoms with Crippen molar-refractivity contribution in [3.05, 3.63) is 89.5 Å². The Balaban J connectivity index is 1.39. The second-order valence-electron chi connectivity index (χ2n) is 8.57. The molecule has 0 bridgehead atoms. The minimum atomic E-state index is -0.950. The summed E-state index contributed by atoms with van der Waals surface area (Å²) in [7, 11) is 0. The van der Waals surface area contributed by atoms with Crippen LogP contribution in [0.3, 0.4) is 0 Å². The van der Waals surface area contributed by atoms with Crippen molar-refractivity contribution in [3.63, 3.8) is 0 Å². The Morgan fingerprint density at radius 2 is 1.60 bits per heavy atom. The summed E-state index contributed by atoms with van der Waals surface area (Å²) in [6.07, 6.45) is 0.325. The predicted molar refractivity (Wildman–Crippen MR) is 133 cm³/mol. The van der Waals surface area contributed by atoms with E-state index < -0.39 is 18.1 Å². The van der Waals surface area contributed by atoms with Gasteiger partial charge in [-0.15, -0.1) is 0 Å². The first-order chi connectivity index (χ1) is 17.0. The minimum absolute atomic E-state index is 0.0661. The number of carbonyl (C=O) groups is 3. The maximum absolute atomic E-state index is 12.9. The molecule has 3 N–H and O–H groups in total. The monoisotopic (exact) mass is 472 g/mol. The van der Waals surface area contributed by atoms with E-state index in [1.54, 1.807) is 24.3 Å². The summed E-state index contributed by atoms with van der Waals surface area (Å²) >= 11 is 0. The summed E-state index contributed by atoms with van der Waals surface area (Å²) in [6, 6.07) is 22.1. The summed E-state index contributed by atoms with van der Waals surface area (Å²) in [6.45, 7) is 2.09. The van der Waals surface area contributed by atoms with Gasteiger partial charge >= 0.3 is 12.1 Å². The molecule has 0 spiro atoms. The fourth-order valence-electron chi connectivity index (χ4n) is 4.50. The Hall–Kier alpha value is -4.13. The van der Waals surface area contributed by atoms with E-state index in [4.69, 9.17) is 9.84 Å². The number of carbonyl (C=O) groups excluding carboxylic acids is 2. The van der Waals surface area contributed by atoms with Gasteiger partial charge < -0.3 is 20.5 Å². The first-order valence-electron chi connectivity index (χ1n) is 11.7. The van der Waals surface area contributed by atoms with Crippen molar-refractivity contribution in [3.8, 4) is 11.1 Å². The summed E-state index contributed by atoms with van der Waals surface area (Å²) in [5, 5.41) is 14.4. The predicted octanol–water partition coefficient (Wildman–Crippen LogP) is 4.96. The molecule has 3 aromatic rings. The van der Waals surface area contributed by atoms with Crippen molar-refractivity contribution in [1.29, 1.82) is 0 Å². The number of fused-ring (bicyclic) bond motifs is 3. The normalized spacial score (nSPS) is 12.8. The van der Waals surface area contributed by atoms with Crippen molar-refractivity contribution >= 4 is 23.7 Å². The molecule has 0 heterocycles. The second-order valence-corrected chi connectivity index (χ2v) is 8.57. The van der Waals surface area contributed by atoms with Gasteiger partial charge in [0.1, 0.15) is 12.6 Å². The molecule has 0 unspecified atom stereocenters. The lowest BCUT2D eigenvalue weighted by atomic mass is 9.98. The molecule has 180 valence electrons. The standard InChI is InChI=1S/C28H28N2O5/c1-2-8-25(27(33)29-19-10-7-9-18(15-19)16-26(31)32)30-28(34)35-17-24-22-13-5-3-11-20(22)21-12-4-6-14-23(21)24/h3-7,9-15,24-25H,2,8,16-17H2,1H3,(H,29,33)(H,30,34)(H,31,32)/t25-/m0/s1. The maximum atomic E-state index is 12.9. The van der Waals surface area contributed by atoms with E-state index in [-0.39, 0.29) is 24.9 Å². The van der Waals surface area contributed by atoms with Crippen molar-refractivity contribution in [2.75, 3.05) is 11.9 Å². The van der Waals surface area contributed by atoms with E-state index in [1.165, 1.54) is 0 Å². The number of hydrogen-bond donors (Lipinski definition) is 3. The van der Waals surface area contributed by atoms with Crippen molar-refractivity contribution in [2.45, 2.75) is 38.1 Å². The zero-order valence-electron chi connectivity index (χ0n) is 19.5. The molecule has 0 saturated carbocycles. The zero-order valence-corrected chi connectivity index (χ0v) is 19.5. The summed E-state index contributed by atoms with van der Waals surface area (Å²) in [5.74, 6) is -1.40. The van der Waals surface area contributed by atoms with Crippen LogP contribution in [0.1, 0.15) is 42.4 Å². The number of ether oxygens (including phenoxy) is 1. The molecule has 0 radical (unpaired) electrons. The van der Waals surface area contributed by atoms with Crippen LogP contribution in [0, 0.1) is 0 Å². The van der Waals surface area contributed by atoms with Gasteiger partial charge in [-0.1, -0.05) is 74.0 Å². The highest BCUT2D eigenvalue weighted by Gasteiger charge is 2.29. The molecule has 7 nitrogen and oxygen atoms in total. The molecule has 0 aromatic heterocycles. The average molecular weight is 473 g/mol. The highest BCUT2D eigenvalue weighted by molar-refractivity contribution is 5.96. The van der Waals surface area contributed by atoms with E-state index in [9.17, 15) is 14.4 Å². The third-order valence-electron chi connectivity index (χ3n) is 6.08. The first kappa shape index (κ1) is 24.0. The maximum Gasteiger partial charge on any atom is 0.407 e. The summed E-state index contributed by atoms with van der Waals surface area (Å²) in [4.78, 5) is 36.5. The summed E-state index contributed by atoms with van der Waals surface area (Å²) in [5.41, 5.74) is 5.57. The van der Waals surface area contributed by atoms with Crippen molar-refractivity contribution in [1.82, 2.24) is 5.32 Å². The van der Waals surface area contributed by atoms with Crippen LogP contribution in [-0.4, -0.2) is 35.7 Å². The van der Waals surface area contributed by atoms with E-state index >= 15 is 0 Å². The van der Waals surface area contributed by atoms with Gasteiger partial charge in [0.15, 0.2) is 0 Å². The molecule has 4 rings (SSSR count). The number of carboxylic acids is 1. The van der Waals surface area contributed by atoms with Crippen LogP contribution in [0.5, 0.6) is 0 Å². The van der Waals surface area contributed by atoms with Gasteiger partial charge in [-0.05, 0) is 46.4 Å². The van der Waals surface area contributed by atoms with Crippen LogP contribution < -0.4 is 10.6 Å². The third-order valence-corrected chi connectivity index (χ3v) is 6.08. The van der Waals surface area contributed by atoms with Crippen LogP contribution in [0.25, 0.3) is 11.1 Å². The van der Waals surface area contributed by atoms with Crippen LogP contribution in [0.15, 0.2) is 72.8 Å². The fraction of sp³-hybridized carbons (Fsp3) is 0.250. The van der Waals surface area contributed by atoms with Gasteiger partial charge in [0, 0.05) is 11.6 Å². The van der Waals surface area contributed by atoms with Gasteiger partial charge in [0.2, 0.25) is 5.91 Å². The first-order valence-corrected chi connectivity index (χ1v) is 11.7. The van der Waals surface area contributed by atoms with Crippen LogP contribution in [0.2, 0.25) is 0 Å². The molecular formula is C28H28N2O5. The molecule has 35 heavy (non-hydrogen) atoms. The quantitative estimate of drug-likeness (QED) is 0.408. The Morgan fingerprint density at radius 3 is 2.23 bits per heavy atom. The van der Waals surface area contributed by atoms with Gasteiger partial charge in [-0.25, -0.2) is 4.79 Å².